The number of aromatic nitrogens is 6. The average molecular weight is 567 g/mol. The van der Waals surface area contributed by atoms with Crippen LogP contribution in [0.2, 0.25) is 0 Å². The summed E-state index contributed by atoms with van der Waals surface area (Å²) in [5.41, 5.74) is 4.57. The number of imidazole rings is 1. The lowest BCUT2D eigenvalue weighted by Gasteiger charge is -2.18. The number of pyridine rings is 1. The van der Waals surface area contributed by atoms with Crippen LogP contribution in [0.3, 0.4) is 0 Å². The van der Waals surface area contributed by atoms with E-state index in [0.717, 1.165) is 29.1 Å². The Labute approximate surface area is 243 Å². The molecule has 2 saturated carbocycles. The Bertz CT molecular complexity index is 1710. The quantitative estimate of drug-likeness (QED) is 0.324. The molecule has 0 aromatic carbocycles. The summed E-state index contributed by atoms with van der Waals surface area (Å²) in [5, 5.41) is 6.38. The van der Waals surface area contributed by atoms with Crippen LogP contribution in [0.1, 0.15) is 72.7 Å². The standard InChI is InChI=1S/C30H34N10O2/c1-16-7-8-31-27(32-16)21-12-22(21)29(41)37-26-13-25(34-18(3)35-26)33-17(2)23-15-39-14-20(19-5-6-19)11-24(28(39)36-23)40-10-9-38(4)30(40)42/h7-8,11,13-15,17,19,21-22H,5-6,9-10,12H2,1-4H3,(H2,33,34,35,37,41). The van der Waals surface area contributed by atoms with Gasteiger partial charge in [-0.3, -0.25) is 9.69 Å². The lowest BCUT2D eigenvalue weighted by Crippen LogP contribution is -2.29. The molecular weight excluding hydrogens is 532 g/mol. The van der Waals surface area contributed by atoms with Crippen LogP contribution in [-0.4, -0.2) is 66.3 Å². The number of carbonyl (C=O) groups excluding carboxylic acids is 2. The van der Waals surface area contributed by atoms with Gasteiger partial charge in [-0.15, -0.1) is 0 Å². The fourth-order valence-corrected chi connectivity index (χ4v) is 5.68. The predicted octanol–water partition coefficient (Wildman–Crippen LogP) is 4.20. The molecule has 12 nitrogen and oxygen atoms in total. The van der Waals surface area contributed by atoms with Gasteiger partial charge >= 0.3 is 6.03 Å². The van der Waals surface area contributed by atoms with Crippen LogP contribution in [-0.2, 0) is 4.79 Å². The number of carbonyl (C=O) groups is 2. The normalized spacial score (nSPS) is 20.7. The summed E-state index contributed by atoms with van der Waals surface area (Å²) in [6, 6.07) is 5.53. The molecule has 3 unspecified atom stereocenters. The van der Waals surface area contributed by atoms with Crippen LogP contribution in [0.15, 0.2) is 36.8 Å². The highest BCUT2D eigenvalue weighted by Gasteiger charge is 2.46. The maximum Gasteiger partial charge on any atom is 0.324 e. The van der Waals surface area contributed by atoms with Gasteiger partial charge in [0, 0.05) is 62.3 Å². The van der Waals surface area contributed by atoms with Crippen molar-refractivity contribution in [1.82, 2.24) is 34.2 Å². The zero-order chi connectivity index (χ0) is 29.1. The topological polar surface area (TPSA) is 134 Å². The predicted molar refractivity (Wildman–Crippen MR) is 158 cm³/mol. The van der Waals surface area contributed by atoms with Crippen molar-refractivity contribution in [3.05, 3.63) is 65.4 Å². The largest absolute Gasteiger partial charge is 0.362 e. The van der Waals surface area contributed by atoms with Crippen LogP contribution in [0, 0.1) is 19.8 Å². The summed E-state index contributed by atoms with van der Waals surface area (Å²) in [6.45, 7) is 7.07. The summed E-state index contributed by atoms with van der Waals surface area (Å²) in [5.74, 6) is 2.59. The Hall–Kier alpha value is -4.61. The SMILES string of the molecule is Cc1ccnc(C2CC2C(=O)Nc2cc(NC(C)c3cn4cc(C5CC5)cc(N5CCN(C)C5=O)c4n3)nc(C)n2)n1. The Kier molecular flexibility index (Phi) is 6.28. The summed E-state index contributed by atoms with van der Waals surface area (Å²) in [7, 11) is 1.83. The zero-order valence-electron chi connectivity index (χ0n) is 24.2. The van der Waals surface area contributed by atoms with Crippen molar-refractivity contribution < 1.29 is 9.59 Å². The number of anilines is 3. The van der Waals surface area contributed by atoms with Crippen molar-refractivity contribution in [3.8, 4) is 0 Å². The van der Waals surface area contributed by atoms with Crippen LogP contribution in [0.5, 0.6) is 0 Å². The van der Waals surface area contributed by atoms with Gasteiger partial charge in [0.05, 0.1) is 17.4 Å². The van der Waals surface area contributed by atoms with E-state index in [4.69, 9.17) is 4.98 Å². The van der Waals surface area contributed by atoms with E-state index in [9.17, 15) is 9.59 Å². The van der Waals surface area contributed by atoms with Gasteiger partial charge in [0.15, 0.2) is 5.65 Å². The number of fused-ring (bicyclic) bond motifs is 1. The summed E-state index contributed by atoms with van der Waals surface area (Å²) in [4.78, 5) is 52.2. The highest BCUT2D eigenvalue weighted by atomic mass is 16.2. The number of amides is 3. The Morgan fingerprint density at radius 2 is 1.86 bits per heavy atom. The van der Waals surface area contributed by atoms with Crippen LogP contribution >= 0.6 is 0 Å². The van der Waals surface area contributed by atoms with Crippen LogP contribution in [0.4, 0.5) is 22.1 Å². The smallest absolute Gasteiger partial charge is 0.324 e. The molecular formula is C30H34N10O2. The summed E-state index contributed by atoms with van der Waals surface area (Å²) < 4.78 is 2.04. The van der Waals surface area contributed by atoms with Crippen molar-refractivity contribution in [1.29, 1.82) is 0 Å². The third kappa shape index (κ3) is 5.01. The molecule has 3 aliphatic rings. The van der Waals surface area contributed by atoms with E-state index in [1.54, 1.807) is 24.1 Å². The van der Waals surface area contributed by atoms with Crippen LogP contribution in [0.25, 0.3) is 5.65 Å². The molecule has 216 valence electrons. The monoisotopic (exact) mass is 566 g/mol. The molecule has 3 atom stereocenters. The molecule has 4 aromatic rings. The maximum absolute atomic E-state index is 13.0. The fraction of sp³-hybridized carbons (Fsp3) is 0.433. The van der Waals surface area contributed by atoms with Crippen molar-refractivity contribution in [2.75, 3.05) is 35.7 Å². The Morgan fingerprint density at radius 3 is 2.60 bits per heavy atom. The van der Waals surface area contributed by atoms with Gasteiger partial charge in [0.2, 0.25) is 5.91 Å². The van der Waals surface area contributed by atoms with Crippen molar-refractivity contribution in [2.45, 2.75) is 57.9 Å². The number of hydrogen-bond acceptors (Lipinski definition) is 8. The molecule has 0 bridgehead atoms. The first-order chi connectivity index (χ1) is 20.2. The first-order valence-corrected chi connectivity index (χ1v) is 14.5. The molecule has 1 aliphatic heterocycles. The lowest BCUT2D eigenvalue weighted by molar-refractivity contribution is -0.117. The molecule has 3 amide bonds. The van der Waals surface area contributed by atoms with E-state index in [1.807, 2.05) is 42.5 Å². The number of aryl methyl sites for hydroxylation is 2. The van der Waals surface area contributed by atoms with E-state index >= 15 is 0 Å². The molecule has 1 saturated heterocycles. The van der Waals surface area contributed by atoms with Gasteiger partial charge in [0.25, 0.3) is 0 Å². The Balaban J connectivity index is 1.09. The van der Waals surface area contributed by atoms with E-state index in [1.165, 1.54) is 18.4 Å². The average Bonchev–Trinajstić information content (AvgIpc) is 3.87. The van der Waals surface area contributed by atoms with E-state index in [0.29, 0.717) is 42.3 Å². The van der Waals surface area contributed by atoms with Gasteiger partial charge in [-0.05, 0) is 63.6 Å². The minimum absolute atomic E-state index is 0.00413. The minimum atomic E-state index is -0.191. The Morgan fingerprint density at radius 1 is 1.05 bits per heavy atom. The molecule has 4 aromatic heterocycles. The van der Waals surface area contributed by atoms with E-state index < -0.39 is 0 Å². The van der Waals surface area contributed by atoms with Gasteiger partial charge in [0.1, 0.15) is 23.3 Å². The molecule has 3 fully saturated rings. The van der Waals surface area contributed by atoms with Crippen LogP contribution < -0.4 is 15.5 Å². The second-order valence-electron chi connectivity index (χ2n) is 11.7. The summed E-state index contributed by atoms with van der Waals surface area (Å²) in [6.07, 6.45) is 8.96. The van der Waals surface area contributed by atoms with Gasteiger partial charge in [-0.25, -0.2) is 29.7 Å². The molecule has 0 spiro atoms. The second-order valence-corrected chi connectivity index (χ2v) is 11.7. The van der Waals surface area contributed by atoms with E-state index in [-0.39, 0.29) is 29.8 Å². The fourth-order valence-electron chi connectivity index (χ4n) is 5.68. The van der Waals surface area contributed by atoms with Gasteiger partial charge in [-0.1, -0.05) is 0 Å². The molecule has 7 rings (SSSR count). The number of hydrogen-bond donors (Lipinski definition) is 2. The number of urea groups is 1. The molecule has 0 radical (unpaired) electrons. The van der Waals surface area contributed by atoms with Crippen molar-refractivity contribution in [3.63, 3.8) is 0 Å². The van der Waals surface area contributed by atoms with Gasteiger partial charge < -0.3 is 19.9 Å². The number of rotatable bonds is 8. The lowest BCUT2D eigenvalue weighted by atomic mass is 10.1. The highest BCUT2D eigenvalue weighted by molar-refractivity contribution is 5.97. The number of nitrogens with zero attached hydrogens (tertiary/aromatic N) is 8. The third-order valence-electron chi connectivity index (χ3n) is 8.30. The van der Waals surface area contributed by atoms with E-state index in [2.05, 4.69) is 42.8 Å². The second kappa shape index (κ2) is 10.0. The summed E-state index contributed by atoms with van der Waals surface area (Å²) >= 11 is 0. The number of likely N-dealkylation sites (N-methyl/N-ethyl adjacent to an activating group) is 1. The molecule has 12 heteroatoms. The molecule has 2 aliphatic carbocycles. The molecule has 42 heavy (non-hydrogen) atoms. The first kappa shape index (κ1) is 26.3. The minimum Gasteiger partial charge on any atom is -0.362 e. The highest BCUT2D eigenvalue weighted by Crippen LogP contribution is 2.46. The molecule has 2 N–H and O–H groups in total. The number of nitrogens with one attached hydrogen (secondary N) is 2. The van der Waals surface area contributed by atoms with Crippen molar-refractivity contribution in [2.24, 2.45) is 5.92 Å². The maximum atomic E-state index is 13.0. The zero-order valence-corrected chi connectivity index (χ0v) is 24.2. The third-order valence-corrected chi connectivity index (χ3v) is 8.30. The van der Waals surface area contributed by atoms with Gasteiger partial charge in [-0.2, -0.15) is 0 Å². The molecule has 5 heterocycles. The first-order valence-electron chi connectivity index (χ1n) is 14.5. The van der Waals surface area contributed by atoms with Crippen molar-refractivity contribution >= 4 is 34.9 Å².